The van der Waals surface area contributed by atoms with Gasteiger partial charge in [0.1, 0.15) is 11.9 Å². The Bertz CT molecular complexity index is 317. The molecule has 1 aromatic heterocycles. The van der Waals surface area contributed by atoms with Gasteiger partial charge in [-0.05, 0) is 19.1 Å². The first-order valence-corrected chi connectivity index (χ1v) is 4.50. The predicted molar refractivity (Wildman–Crippen MR) is 52.7 cm³/mol. The van der Waals surface area contributed by atoms with Gasteiger partial charge in [0, 0.05) is 10.7 Å². The standard InChI is InChI=1S/C8H9BrN2O2/c1-5(8(12)13)11-7-4-6(9)2-3-10-7/h2-5H,1H3,(H,10,11)(H,12,13)/t5-/m1/s1. The lowest BCUT2D eigenvalue weighted by Crippen LogP contribution is -2.25. The maximum absolute atomic E-state index is 10.5. The third kappa shape index (κ3) is 3.02. The van der Waals surface area contributed by atoms with E-state index in [0.29, 0.717) is 5.82 Å². The molecule has 0 bridgehead atoms. The van der Waals surface area contributed by atoms with Crippen molar-refractivity contribution in [2.45, 2.75) is 13.0 Å². The molecule has 70 valence electrons. The first-order valence-electron chi connectivity index (χ1n) is 3.70. The lowest BCUT2D eigenvalue weighted by Gasteiger charge is -2.09. The monoisotopic (exact) mass is 244 g/mol. The van der Waals surface area contributed by atoms with Crippen molar-refractivity contribution in [2.24, 2.45) is 0 Å². The van der Waals surface area contributed by atoms with Gasteiger partial charge in [0.2, 0.25) is 0 Å². The number of nitrogens with one attached hydrogen (secondary N) is 1. The highest BCUT2D eigenvalue weighted by atomic mass is 79.9. The van der Waals surface area contributed by atoms with Gasteiger partial charge in [-0.2, -0.15) is 0 Å². The summed E-state index contributed by atoms with van der Waals surface area (Å²) in [6.45, 7) is 1.56. The van der Waals surface area contributed by atoms with Gasteiger partial charge < -0.3 is 10.4 Å². The van der Waals surface area contributed by atoms with Gasteiger partial charge in [0.25, 0.3) is 0 Å². The zero-order chi connectivity index (χ0) is 9.84. The molecule has 4 nitrogen and oxygen atoms in total. The summed E-state index contributed by atoms with van der Waals surface area (Å²) < 4.78 is 0.864. The van der Waals surface area contributed by atoms with E-state index < -0.39 is 12.0 Å². The van der Waals surface area contributed by atoms with E-state index in [2.05, 4.69) is 26.2 Å². The fourth-order valence-electron chi connectivity index (χ4n) is 0.767. The van der Waals surface area contributed by atoms with Crippen molar-refractivity contribution >= 4 is 27.7 Å². The number of nitrogens with zero attached hydrogens (tertiary/aromatic N) is 1. The number of halogens is 1. The molecule has 13 heavy (non-hydrogen) atoms. The number of anilines is 1. The van der Waals surface area contributed by atoms with E-state index >= 15 is 0 Å². The molecule has 1 heterocycles. The summed E-state index contributed by atoms with van der Waals surface area (Å²) in [5.41, 5.74) is 0. The molecule has 0 aromatic carbocycles. The predicted octanol–water partition coefficient (Wildman–Crippen LogP) is 1.73. The lowest BCUT2D eigenvalue weighted by atomic mass is 10.3. The average Bonchev–Trinajstić information content (AvgIpc) is 2.04. The molecular weight excluding hydrogens is 236 g/mol. The van der Waals surface area contributed by atoms with Gasteiger partial charge in [-0.25, -0.2) is 4.98 Å². The quantitative estimate of drug-likeness (QED) is 0.851. The van der Waals surface area contributed by atoms with E-state index in [4.69, 9.17) is 5.11 Å². The molecule has 1 aromatic rings. The van der Waals surface area contributed by atoms with Crippen LogP contribution in [0, 0.1) is 0 Å². The first-order chi connectivity index (χ1) is 6.09. The molecule has 0 saturated carbocycles. The molecule has 5 heteroatoms. The number of pyridine rings is 1. The van der Waals surface area contributed by atoms with E-state index in [9.17, 15) is 4.79 Å². The Morgan fingerprint density at radius 2 is 2.46 bits per heavy atom. The van der Waals surface area contributed by atoms with Crippen molar-refractivity contribution in [1.82, 2.24) is 4.98 Å². The van der Waals surface area contributed by atoms with Crippen LogP contribution in [0.1, 0.15) is 6.92 Å². The van der Waals surface area contributed by atoms with Crippen molar-refractivity contribution in [3.05, 3.63) is 22.8 Å². The van der Waals surface area contributed by atoms with Crippen LogP contribution in [0.2, 0.25) is 0 Å². The summed E-state index contributed by atoms with van der Waals surface area (Å²) in [6, 6.07) is 2.86. The summed E-state index contributed by atoms with van der Waals surface area (Å²) in [5, 5.41) is 11.4. The molecule has 0 fully saturated rings. The Morgan fingerprint density at radius 1 is 1.77 bits per heavy atom. The molecule has 0 aliphatic carbocycles. The molecule has 0 radical (unpaired) electrons. The minimum atomic E-state index is -0.901. The topological polar surface area (TPSA) is 62.2 Å². The van der Waals surface area contributed by atoms with Gasteiger partial charge in [-0.1, -0.05) is 15.9 Å². The normalized spacial score (nSPS) is 12.2. The SMILES string of the molecule is C[C@@H](Nc1cc(Br)ccn1)C(=O)O. The number of carbonyl (C=O) groups is 1. The molecule has 0 aliphatic rings. The lowest BCUT2D eigenvalue weighted by molar-refractivity contribution is -0.137. The number of aliphatic carboxylic acids is 1. The summed E-state index contributed by atoms with van der Waals surface area (Å²) in [4.78, 5) is 14.4. The highest BCUT2D eigenvalue weighted by Gasteiger charge is 2.10. The van der Waals surface area contributed by atoms with E-state index in [0.717, 1.165) is 4.47 Å². The third-order valence-corrected chi connectivity index (χ3v) is 1.95. The van der Waals surface area contributed by atoms with Crippen LogP contribution in [-0.2, 0) is 4.79 Å². The van der Waals surface area contributed by atoms with Crippen LogP contribution >= 0.6 is 15.9 Å². The highest BCUT2D eigenvalue weighted by Crippen LogP contribution is 2.13. The molecule has 0 saturated heterocycles. The largest absolute Gasteiger partial charge is 0.480 e. The van der Waals surface area contributed by atoms with E-state index in [-0.39, 0.29) is 0 Å². The summed E-state index contributed by atoms with van der Waals surface area (Å²) in [7, 11) is 0. The van der Waals surface area contributed by atoms with E-state index in [1.807, 2.05) is 0 Å². The Labute approximate surface area is 84.1 Å². The fraction of sp³-hybridized carbons (Fsp3) is 0.250. The van der Waals surface area contributed by atoms with Crippen molar-refractivity contribution in [3.8, 4) is 0 Å². The number of hydrogen-bond donors (Lipinski definition) is 2. The number of carboxylic acids is 1. The fourth-order valence-corrected chi connectivity index (χ4v) is 1.10. The number of rotatable bonds is 3. The van der Waals surface area contributed by atoms with Gasteiger partial charge in [0.15, 0.2) is 0 Å². The average molecular weight is 245 g/mol. The van der Waals surface area contributed by atoms with Gasteiger partial charge in [0.05, 0.1) is 0 Å². The van der Waals surface area contributed by atoms with Crippen molar-refractivity contribution < 1.29 is 9.90 Å². The van der Waals surface area contributed by atoms with Crippen LogP contribution in [0.3, 0.4) is 0 Å². The van der Waals surface area contributed by atoms with Crippen molar-refractivity contribution in [1.29, 1.82) is 0 Å². The van der Waals surface area contributed by atoms with Crippen LogP contribution in [0.4, 0.5) is 5.82 Å². The highest BCUT2D eigenvalue weighted by molar-refractivity contribution is 9.10. The Balaban J connectivity index is 2.69. The number of hydrogen-bond acceptors (Lipinski definition) is 3. The minimum Gasteiger partial charge on any atom is -0.480 e. The van der Waals surface area contributed by atoms with E-state index in [1.165, 1.54) is 0 Å². The minimum absolute atomic E-state index is 0.546. The molecule has 0 spiro atoms. The summed E-state index contributed by atoms with van der Waals surface area (Å²) in [6.07, 6.45) is 1.60. The number of aromatic nitrogens is 1. The molecule has 0 amide bonds. The van der Waals surface area contributed by atoms with Crippen LogP contribution < -0.4 is 5.32 Å². The van der Waals surface area contributed by atoms with Crippen LogP contribution in [0.5, 0.6) is 0 Å². The second-order valence-electron chi connectivity index (χ2n) is 2.56. The molecule has 0 aliphatic heterocycles. The van der Waals surface area contributed by atoms with Gasteiger partial charge in [-0.3, -0.25) is 4.79 Å². The Morgan fingerprint density at radius 3 is 3.00 bits per heavy atom. The van der Waals surface area contributed by atoms with Crippen LogP contribution in [0.25, 0.3) is 0 Å². The Kier molecular flexibility index (Phi) is 3.25. The number of carboxylic acid groups (broad SMARTS) is 1. The first kappa shape index (κ1) is 9.98. The van der Waals surface area contributed by atoms with Gasteiger partial charge >= 0.3 is 5.97 Å². The smallest absolute Gasteiger partial charge is 0.325 e. The molecule has 1 rings (SSSR count). The molecular formula is C8H9BrN2O2. The Hall–Kier alpha value is -1.10. The molecule has 1 atom stereocenters. The zero-order valence-electron chi connectivity index (χ0n) is 6.99. The van der Waals surface area contributed by atoms with Crippen molar-refractivity contribution in [2.75, 3.05) is 5.32 Å². The summed E-state index contributed by atoms with van der Waals surface area (Å²) in [5.74, 6) is -0.356. The molecule has 2 N–H and O–H groups in total. The maximum atomic E-state index is 10.5. The molecule has 0 unspecified atom stereocenters. The van der Waals surface area contributed by atoms with Crippen LogP contribution in [0.15, 0.2) is 22.8 Å². The second kappa shape index (κ2) is 4.23. The zero-order valence-corrected chi connectivity index (χ0v) is 8.58. The van der Waals surface area contributed by atoms with Crippen molar-refractivity contribution in [3.63, 3.8) is 0 Å². The summed E-state index contributed by atoms with van der Waals surface area (Å²) >= 11 is 3.26. The van der Waals surface area contributed by atoms with E-state index in [1.54, 1.807) is 25.3 Å². The maximum Gasteiger partial charge on any atom is 0.325 e. The third-order valence-electron chi connectivity index (χ3n) is 1.46. The van der Waals surface area contributed by atoms with Crippen LogP contribution in [-0.4, -0.2) is 22.1 Å². The second-order valence-corrected chi connectivity index (χ2v) is 3.48. The van der Waals surface area contributed by atoms with Gasteiger partial charge in [-0.15, -0.1) is 0 Å².